The van der Waals surface area contributed by atoms with Crippen LogP contribution in [0, 0.1) is 5.92 Å². The predicted molar refractivity (Wildman–Crippen MR) is 142 cm³/mol. The summed E-state index contributed by atoms with van der Waals surface area (Å²) in [6.45, 7) is 8.77. The molecule has 2 amide bonds. The Bertz CT molecular complexity index is 1060. The summed E-state index contributed by atoms with van der Waals surface area (Å²) in [4.78, 5) is 44.5. The van der Waals surface area contributed by atoms with Gasteiger partial charge in [0, 0.05) is 6.54 Å². The van der Waals surface area contributed by atoms with E-state index in [0.29, 0.717) is 36.8 Å². The van der Waals surface area contributed by atoms with Gasteiger partial charge in [0.1, 0.15) is 23.0 Å². The number of Topliss-reactive ketones (excluding diaryl/α,β-unsaturated/α-hetero) is 1. The number of urea groups is 1. The molecule has 2 aromatic rings. The first-order chi connectivity index (χ1) is 18.3. The van der Waals surface area contributed by atoms with E-state index in [1.165, 1.54) is 12.5 Å². The van der Waals surface area contributed by atoms with Gasteiger partial charge in [-0.2, -0.15) is 5.48 Å². The van der Waals surface area contributed by atoms with E-state index in [-0.39, 0.29) is 24.9 Å². The second-order valence-corrected chi connectivity index (χ2v) is 9.19. The van der Waals surface area contributed by atoms with E-state index >= 15 is 0 Å². The zero-order valence-corrected chi connectivity index (χ0v) is 22.7. The molecule has 1 aliphatic heterocycles. The summed E-state index contributed by atoms with van der Waals surface area (Å²) in [5.74, 6) is -0.237. The van der Waals surface area contributed by atoms with E-state index in [4.69, 9.17) is 19.0 Å². The number of ether oxygens (including phenoxy) is 3. The summed E-state index contributed by atoms with van der Waals surface area (Å²) in [5.41, 5.74) is 4.66. The van der Waals surface area contributed by atoms with Gasteiger partial charge < -0.3 is 23.9 Å². The number of hydrogen-bond donors (Lipinski definition) is 1. The lowest BCUT2D eigenvalue weighted by atomic mass is 10.00. The molecule has 9 nitrogen and oxygen atoms in total. The first kappa shape index (κ1) is 29.0. The van der Waals surface area contributed by atoms with Crippen LogP contribution in [-0.4, -0.2) is 55.7 Å². The molecule has 0 radical (unpaired) electrons. The van der Waals surface area contributed by atoms with Crippen LogP contribution in [0.2, 0.25) is 0 Å². The van der Waals surface area contributed by atoms with Crippen LogP contribution < -0.4 is 15.0 Å². The third kappa shape index (κ3) is 7.71. The van der Waals surface area contributed by atoms with Crippen molar-refractivity contribution in [3.63, 3.8) is 0 Å². The van der Waals surface area contributed by atoms with Crippen molar-refractivity contribution in [2.24, 2.45) is 5.92 Å². The molecule has 0 spiro atoms. The van der Waals surface area contributed by atoms with Crippen molar-refractivity contribution in [2.45, 2.75) is 53.0 Å². The van der Waals surface area contributed by atoms with Crippen LogP contribution in [0.25, 0.3) is 0 Å². The lowest BCUT2D eigenvalue weighted by Gasteiger charge is -2.31. The summed E-state index contributed by atoms with van der Waals surface area (Å²) in [5, 5.41) is 0. The van der Waals surface area contributed by atoms with Gasteiger partial charge in [-0.15, -0.1) is 0 Å². The van der Waals surface area contributed by atoms with E-state index in [0.717, 1.165) is 24.8 Å². The number of hydroxylamine groups is 1. The highest BCUT2D eigenvalue weighted by atomic mass is 16.7. The molecule has 1 aliphatic rings. The SMILES string of the molecule is CCOc1cc([C@@H](C)N(CCCCc2ccccc2)C(=O)NOC(=O)C2COC2)cc(OCC)c1C(C)=O. The zero-order chi connectivity index (χ0) is 27.5. The van der Waals surface area contributed by atoms with Gasteiger partial charge in [-0.05, 0) is 70.2 Å². The minimum absolute atomic E-state index is 0.168. The number of benzene rings is 2. The Morgan fingerprint density at radius 2 is 1.66 bits per heavy atom. The first-order valence-corrected chi connectivity index (χ1v) is 13.2. The molecule has 1 fully saturated rings. The number of rotatable bonds is 13. The standard InChI is InChI=1S/C29H38N2O7/c1-5-36-25-16-23(17-26(37-6-2)27(25)21(4)32)20(3)31(15-11-10-14-22-12-8-7-9-13-22)29(34)30-38-28(33)24-18-35-19-24/h7-9,12-13,16-17,20,24H,5-6,10-11,14-15,18-19H2,1-4H3,(H,30,34)/t20-/m1/s1. The van der Waals surface area contributed by atoms with Crippen LogP contribution in [0.15, 0.2) is 42.5 Å². The topological polar surface area (TPSA) is 103 Å². The molecule has 0 unspecified atom stereocenters. The number of unbranched alkanes of at least 4 members (excludes halogenated alkanes) is 1. The maximum absolute atomic E-state index is 13.2. The van der Waals surface area contributed by atoms with Gasteiger partial charge in [0.25, 0.3) is 0 Å². The summed E-state index contributed by atoms with van der Waals surface area (Å²) in [7, 11) is 0. The predicted octanol–water partition coefficient (Wildman–Crippen LogP) is 4.89. The third-order valence-corrected chi connectivity index (χ3v) is 6.42. The highest BCUT2D eigenvalue weighted by Gasteiger charge is 2.30. The number of ketones is 1. The minimum Gasteiger partial charge on any atom is -0.493 e. The van der Waals surface area contributed by atoms with E-state index in [1.807, 2.05) is 39.0 Å². The van der Waals surface area contributed by atoms with Crippen molar-refractivity contribution in [2.75, 3.05) is 33.0 Å². The van der Waals surface area contributed by atoms with Gasteiger partial charge in [-0.1, -0.05) is 30.3 Å². The Hall–Kier alpha value is -3.59. The van der Waals surface area contributed by atoms with Gasteiger partial charge in [-0.25, -0.2) is 9.59 Å². The van der Waals surface area contributed by atoms with Crippen molar-refractivity contribution in [1.29, 1.82) is 0 Å². The molecule has 1 atom stereocenters. The fraction of sp³-hybridized carbons (Fsp3) is 0.483. The van der Waals surface area contributed by atoms with Crippen molar-refractivity contribution < 1.29 is 33.4 Å². The van der Waals surface area contributed by atoms with E-state index in [2.05, 4.69) is 17.6 Å². The second kappa shape index (κ2) is 14.4. The largest absolute Gasteiger partial charge is 0.493 e. The van der Waals surface area contributed by atoms with Gasteiger partial charge >= 0.3 is 12.0 Å². The molecule has 206 valence electrons. The molecular formula is C29H38N2O7. The van der Waals surface area contributed by atoms with Crippen LogP contribution in [-0.2, 0) is 20.8 Å². The van der Waals surface area contributed by atoms with Gasteiger partial charge in [0.2, 0.25) is 0 Å². The van der Waals surface area contributed by atoms with Gasteiger partial charge in [0.05, 0.1) is 32.5 Å². The highest BCUT2D eigenvalue weighted by Crippen LogP contribution is 2.35. The number of carbonyl (C=O) groups is 3. The maximum Gasteiger partial charge on any atom is 0.351 e. The smallest absolute Gasteiger partial charge is 0.351 e. The van der Waals surface area contributed by atoms with Crippen LogP contribution >= 0.6 is 0 Å². The summed E-state index contributed by atoms with van der Waals surface area (Å²) >= 11 is 0. The van der Waals surface area contributed by atoms with Crippen LogP contribution in [0.1, 0.15) is 68.1 Å². The molecular weight excluding hydrogens is 488 g/mol. The lowest BCUT2D eigenvalue weighted by molar-refractivity contribution is -0.168. The number of nitrogens with one attached hydrogen (secondary N) is 1. The zero-order valence-electron chi connectivity index (χ0n) is 22.7. The highest BCUT2D eigenvalue weighted by molar-refractivity contribution is 5.99. The monoisotopic (exact) mass is 526 g/mol. The van der Waals surface area contributed by atoms with Crippen molar-refractivity contribution in [3.05, 3.63) is 59.2 Å². The lowest BCUT2D eigenvalue weighted by Crippen LogP contribution is -2.45. The molecule has 38 heavy (non-hydrogen) atoms. The normalized spacial score (nSPS) is 13.7. The number of amides is 2. The van der Waals surface area contributed by atoms with Crippen LogP contribution in [0.5, 0.6) is 11.5 Å². The average molecular weight is 527 g/mol. The molecule has 9 heteroatoms. The molecule has 1 saturated heterocycles. The Kier molecular flexibility index (Phi) is 11.0. The minimum atomic E-state index is -0.530. The Balaban J connectivity index is 1.81. The number of carbonyl (C=O) groups excluding carboxylic acids is 3. The quantitative estimate of drug-likeness (QED) is 0.225. The Labute approximate surface area is 224 Å². The van der Waals surface area contributed by atoms with E-state index in [1.54, 1.807) is 17.0 Å². The molecule has 0 bridgehead atoms. The molecule has 3 rings (SSSR count). The maximum atomic E-state index is 13.2. The summed E-state index contributed by atoms with van der Waals surface area (Å²) in [6.07, 6.45) is 2.49. The average Bonchev–Trinajstić information content (AvgIpc) is 2.86. The number of hydrogen-bond acceptors (Lipinski definition) is 7. The molecule has 0 aliphatic carbocycles. The molecule has 0 saturated carbocycles. The first-order valence-electron chi connectivity index (χ1n) is 13.2. The van der Waals surface area contributed by atoms with E-state index < -0.39 is 18.0 Å². The summed E-state index contributed by atoms with van der Waals surface area (Å²) in [6, 6.07) is 12.7. The van der Waals surface area contributed by atoms with E-state index in [9.17, 15) is 14.4 Å². The Morgan fingerprint density at radius 1 is 1.03 bits per heavy atom. The van der Waals surface area contributed by atoms with Crippen molar-refractivity contribution in [1.82, 2.24) is 10.4 Å². The molecule has 1 N–H and O–H groups in total. The van der Waals surface area contributed by atoms with Gasteiger partial charge in [-0.3, -0.25) is 4.79 Å². The third-order valence-electron chi connectivity index (χ3n) is 6.42. The molecule has 1 heterocycles. The number of aryl methyl sites for hydroxylation is 1. The van der Waals surface area contributed by atoms with Crippen LogP contribution in [0.3, 0.4) is 0 Å². The number of nitrogens with zero attached hydrogens (tertiary/aromatic N) is 1. The molecule has 0 aromatic heterocycles. The Morgan fingerprint density at radius 3 is 2.18 bits per heavy atom. The van der Waals surface area contributed by atoms with Crippen molar-refractivity contribution >= 4 is 17.8 Å². The van der Waals surface area contributed by atoms with Crippen LogP contribution in [0.4, 0.5) is 4.79 Å². The fourth-order valence-electron chi connectivity index (χ4n) is 4.25. The fourth-order valence-corrected chi connectivity index (χ4v) is 4.25. The van der Waals surface area contributed by atoms with Crippen molar-refractivity contribution in [3.8, 4) is 11.5 Å². The molecule has 2 aromatic carbocycles. The summed E-state index contributed by atoms with van der Waals surface area (Å²) < 4.78 is 16.6. The van der Waals surface area contributed by atoms with Gasteiger partial charge in [0.15, 0.2) is 5.78 Å². The second-order valence-electron chi connectivity index (χ2n) is 9.19.